The molecule has 1 aliphatic carbocycles. The summed E-state index contributed by atoms with van der Waals surface area (Å²) in [5.41, 5.74) is 6.48. The van der Waals surface area contributed by atoms with Crippen LogP contribution in [0.1, 0.15) is 69.7 Å². The molecular weight excluding hydrogens is 566 g/mol. The van der Waals surface area contributed by atoms with E-state index in [0.717, 1.165) is 48.6 Å². The van der Waals surface area contributed by atoms with Crippen molar-refractivity contribution in [2.45, 2.75) is 71.1 Å². The lowest BCUT2D eigenvalue weighted by atomic mass is 9.91. The molecule has 0 spiro atoms. The molecular formula is C34H34ClN3O3S. The smallest absolute Gasteiger partial charge is 0.337 e. The molecule has 0 aliphatic heterocycles. The van der Waals surface area contributed by atoms with E-state index < -0.39 is 17.7 Å². The van der Waals surface area contributed by atoms with Gasteiger partial charge in [0.05, 0.1) is 28.1 Å². The Morgan fingerprint density at radius 1 is 1.05 bits per heavy atom. The quantitative estimate of drug-likeness (QED) is 0.201. The van der Waals surface area contributed by atoms with Crippen LogP contribution in [0, 0.1) is 6.92 Å². The Morgan fingerprint density at radius 3 is 2.45 bits per heavy atom. The van der Waals surface area contributed by atoms with Gasteiger partial charge in [-0.25, -0.2) is 9.78 Å². The summed E-state index contributed by atoms with van der Waals surface area (Å²) >= 11 is 7.80. The third-order valence-electron chi connectivity index (χ3n) is 7.76. The molecule has 1 N–H and O–H groups in total. The number of aliphatic carboxylic acids is 1. The molecule has 2 aromatic heterocycles. The van der Waals surface area contributed by atoms with Gasteiger partial charge in [-0.15, -0.1) is 11.3 Å². The van der Waals surface area contributed by atoms with Crippen LogP contribution in [-0.2, 0) is 9.53 Å². The zero-order valence-electron chi connectivity index (χ0n) is 24.2. The molecule has 1 fully saturated rings. The molecule has 0 unspecified atom stereocenters. The minimum absolute atomic E-state index is 0.492. The molecule has 0 saturated heterocycles. The molecule has 0 bridgehead atoms. The van der Waals surface area contributed by atoms with Gasteiger partial charge in [-0.1, -0.05) is 54.8 Å². The molecule has 1 atom stereocenters. The molecule has 5 aromatic rings. The molecule has 6 nitrogen and oxygen atoms in total. The number of hydrogen-bond acceptors (Lipinski definition) is 5. The molecule has 8 heteroatoms. The van der Waals surface area contributed by atoms with Gasteiger partial charge in [0, 0.05) is 33.5 Å². The number of thiazole rings is 1. The second-order valence-electron chi connectivity index (χ2n) is 12.0. The van der Waals surface area contributed by atoms with Crippen molar-refractivity contribution in [3.8, 4) is 32.8 Å². The van der Waals surface area contributed by atoms with Gasteiger partial charge in [0.2, 0.25) is 0 Å². The number of ether oxygens (including phenoxy) is 1. The fraction of sp³-hybridized carbons (Fsp3) is 0.324. The van der Waals surface area contributed by atoms with E-state index in [4.69, 9.17) is 21.3 Å². The van der Waals surface area contributed by atoms with Crippen LogP contribution in [0.25, 0.3) is 43.0 Å². The average molecular weight is 600 g/mol. The van der Waals surface area contributed by atoms with Crippen molar-refractivity contribution in [1.82, 2.24) is 14.8 Å². The number of carboxylic acids is 1. The topological polar surface area (TPSA) is 77.2 Å². The number of carboxylic acid groups (broad SMARTS) is 1. The fourth-order valence-corrected chi connectivity index (χ4v) is 7.10. The third kappa shape index (κ3) is 5.74. The van der Waals surface area contributed by atoms with Crippen molar-refractivity contribution < 1.29 is 14.6 Å². The Labute approximate surface area is 254 Å². The summed E-state index contributed by atoms with van der Waals surface area (Å²) in [4.78, 5) is 17.7. The number of aromatic nitrogens is 3. The predicted molar refractivity (Wildman–Crippen MR) is 170 cm³/mol. The number of halogens is 1. The van der Waals surface area contributed by atoms with Crippen molar-refractivity contribution in [2.75, 3.05) is 0 Å². The van der Waals surface area contributed by atoms with Crippen LogP contribution in [0.5, 0.6) is 0 Å². The third-order valence-corrected chi connectivity index (χ3v) is 9.15. The van der Waals surface area contributed by atoms with Crippen molar-refractivity contribution in [1.29, 1.82) is 0 Å². The molecule has 2 heterocycles. The lowest BCUT2D eigenvalue weighted by molar-refractivity contribution is -0.160. The minimum Gasteiger partial charge on any atom is -0.479 e. The Balaban J connectivity index is 1.48. The van der Waals surface area contributed by atoms with E-state index in [9.17, 15) is 9.90 Å². The van der Waals surface area contributed by atoms with Gasteiger partial charge in [-0.05, 0) is 81.5 Å². The number of hydrogen-bond donors (Lipinski definition) is 1. The van der Waals surface area contributed by atoms with Crippen molar-refractivity contribution in [2.24, 2.45) is 0 Å². The summed E-state index contributed by atoms with van der Waals surface area (Å²) in [6, 6.07) is 18.4. The van der Waals surface area contributed by atoms with E-state index in [0.29, 0.717) is 16.6 Å². The Hall–Kier alpha value is -3.52. The second kappa shape index (κ2) is 11.3. The number of benzene rings is 3. The van der Waals surface area contributed by atoms with Crippen LogP contribution >= 0.6 is 22.9 Å². The first-order valence-electron chi connectivity index (χ1n) is 14.3. The highest BCUT2D eigenvalue weighted by atomic mass is 35.5. The number of aryl methyl sites for hydroxylation is 1. The van der Waals surface area contributed by atoms with Crippen LogP contribution < -0.4 is 0 Å². The van der Waals surface area contributed by atoms with Crippen LogP contribution in [0.4, 0.5) is 0 Å². The molecule has 6 rings (SSSR count). The highest BCUT2D eigenvalue weighted by Gasteiger charge is 2.32. The highest BCUT2D eigenvalue weighted by Crippen LogP contribution is 2.44. The summed E-state index contributed by atoms with van der Waals surface area (Å²) in [6.07, 6.45) is 7.87. The molecule has 216 valence electrons. The van der Waals surface area contributed by atoms with Gasteiger partial charge in [0.25, 0.3) is 0 Å². The van der Waals surface area contributed by atoms with Crippen LogP contribution in [0.3, 0.4) is 0 Å². The lowest BCUT2D eigenvalue weighted by Crippen LogP contribution is -2.28. The zero-order chi connectivity index (χ0) is 29.6. The van der Waals surface area contributed by atoms with Crippen LogP contribution in [0.15, 0.2) is 67.0 Å². The van der Waals surface area contributed by atoms with E-state index in [1.54, 1.807) is 11.3 Å². The largest absolute Gasteiger partial charge is 0.479 e. The maximum Gasteiger partial charge on any atom is 0.337 e. The summed E-state index contributed by atoms with van der Waals surface area (Å²) in [7, 11) is 0. The van der Waals surface area contributed by atoms with Crippen molar-refractivity contribution in [3.05, 3.63) is 83.1 Å². The number of carbonyl (C=O) groups is 1. The van der Waals surface area contributed by atoms with Gasteiger partial charge < -0.3 is 9.84 Å². The van der Waals surface area contributed by atoms with Gasteiger partial charge in [0.1, 0.15) is 5.01 Å². The van der Waals surface area contributed by atoms with Gasteiger partial charge in [0.15, 0.2) is 6.10 Å². The molecule has 3 aromatic carbocycles. The first-order chi connectivity index (χ1) is 20.1. The Morgan fingerprint density at radius 2 is 1.76 bits per heavy atom. The average Bonchev–Trinajstić information content (AvgIpc) is 3.72. The monoisotopic (exact) mass is 599 g/mol. The summed E-state index contributed by atoms with van der Waals surface area (Å²) in [5.74, 6) is -1.03. The summed E-state index contributed by atoms with van der Waals surface area (Å²) in [6.45, 7) is 7.54. The maximum atomic E-state index is 12.6. The van der Waals surface area contributed by atoms with E-state index in [2.05, 4.69) is 40.2 Å². The van der Waals surface area contributed by atoms with Gasteiger partial charge >= 0.3 is 5.97 Å². The van der Waals surface area contributed by atoms with Crippen LogP contribution in [-0.4, -0.2) is 31.4 Å². The van der Waals surface area contributed by atoms with E-state index in [1.165, 1.54) is 25.7 Å². The van der Waals surface area contributed by atoms with Crippen molar-refractivity contribution in [3.63, 3.8) is 0 Å². The van der Waals surface area contributed by atoms with E-state index in [1.807, 2.05) is 64.2 Å². The molecule has 42 heavy (non-hydrogen) atoms. The second-order valence-corrected chi connectivity index (χ2v) is 13.5. The fourth-order valence-electron chi connectivity index (χ4n) is 5.85. The molecule has 0 radical (unpaired) electrons. The molecule has 0 amide bonds. The van der Waals surface area contributed by atoms with Crippen molar-refractivity contribution >= 4 is 39.1 Å². The highest BCUT2D eigenvalue weighted by molar-refractivity contribution is 7.22. The summed E-state index contributed by atoms with van der Waals surface area (Å²) in [5, 5.41) is 16.5. The zero-order valence-corrected chi connectivity index (χ0v) is 25.8. The standard InChI is InChI=1S/C34H34ClN3O3S/c1-20-16-27-31(29(21-12-14-25(35)15-13-21)28(20)30(33(39)40)41-34(2,3)4)42-32(37-27)23-9-7-8-22(17-23)24-18-36-38(19-24)26-10-5-6-11-26/h7-9,12-19,26,30H,5-6,10-11H2,1-4H3,(H,39,40)/t30-/m0/s1. The Bertz CT molecular complexity index is 1760. The normalized spacial score (nSPS) is 15.0. The minimum atomic E-state index is -1.15. The Kier molecular flexibility index (Phi) is 7.68. The number of fused-ring (bicyclic) bond motifs is 1. The lowest BCUT2D eigenvalue weighted by Gasteiger charge is -2.28. The van der Waals surface area contributed by atoms with E-state index in [-0.39, 0.29) is 0 Å². The first kappa shape index (κ1) is 28.6. The predicted octanol–water partition coefficient (Wildman–Crippen LogP) is 9.51. The molecule has 1 saturated carbocycles. The number of rotatable bonds is 7. The summed E-state index contributed by atoms with van der Waals surface area (Å²) < 4.78 is 9.18. The van der Waals surface area contributed by atoms with Gasteiger partial charge in [-0.2, -0.15) is 5.10 Å². The number of nitrogens with zero attached hydrogens (tertiary/aromatic N) is 3. The molecule has 1 aliphatic rings. The van der Waals surface area contributed by atoms with Gasteiger partial charge in [-0.3, -0.25) is 4.68 Å². The first-order valence-corrected chi connectivity index (χ1v) is 15.5. The van der Waals surface area contributed by atoms with E-state index >= 15 is 0 Å². The SMILES string of the molecule is Cc1cc2nc(-c3cccc(-c4cnn(C5CCCC5)c4)c3)sc2c(-c2ccc(Cl)cc2)c1[C@H](OC(C)(C)C)C(=O)O. The van der Waals surface area contributed by atoms with Crippen LogP contribution in [0.2, 0.25) is 5.02 Å². The maximum absolute atomic E-state index is 12.6.